The van der Waals surface area contributed by atoms with Crippen LogP contribution in [0.15, 0.2) is 34.7 Å². The Labute approximate surface area is 291 Å². The van der Waals surface area contributed by atoms with Crippen molar-refractivity contribution in [3.05, 3.63) is 41.7 Å². The molecule has 0 unspecified atom stereocenters. The monoisotopic (exact) mass is 719 g/mol. The summed E-state index contributed by atoms with van der Waals surface area (Å²) < 4.78 is 10.9. The molecular weight excluding hydrogens is 678 g/mol. The number of rotatable bonds is 22. The number of unbranched alkanes of at least 4 members (excludes halogenated alkanes) is 2. The summed E-state index contributed by atoms with van der Waals surface area (Å²) in [6, 6.07) is 3.86. The first kappa shape index (κ1) is 41.0. The van der Waals surface area contributed by atoms with Crippen LogP contribution in [0.25, 0.3) is 11.3 Å². The minimum atomic E-state index is -1.79. The number of carboxylic acids is 3. The minimum Gasteiger partial charge on any atom is -0.481 e. The second-order valence-corrected chi connectivity index (χ2v) is 10.9. The number of furan rings is 1. The molecule has 2 aromatic rings. The molecular formula is C32H41N5O14. The molecule has 19 heteroatoms. The van der Waals surface area contributed by atoms with Gasteiger partial charge in [0.05, 0.1) is 30.6 Å². The van der Waals surface area contributed by atoms with Gasteiger partial charge in [-0.25, -0.2) is 14.4 Å². The number of carboxylic acid groups (broad SMARTS) is 3. The van der Waals surface area contributed by atoms with Crippen molar-refractivity contribution in [2.45, 2.75) is 64.5 Å². The standard InChI is InChI=1S/C32H41N5O14/c1-4-6-7-8-19(22(5-2)37(17-38)51-32(48)33-3)28(43)34-16-35-30(45)24-12-11-23(50-24)18-9-10-20(25(13-18)49-15-27(41)42)29(44)36-21(31(46)47)14-26(39)40/h9-13,17,19,21-22H,4-8,14-16H2,1-3H3,(H,33,48)(H,34,43)(H,35,45)(H,36,44)(H,39,40)(H,41,42)(H,46,47)/t19-,21+,22-/m1/s1. The Morgan fingerprint density at radius 2 is 1.67 bits per heavy atom. The van der Waals surface area contributed by atoms with E-state index in [4.69, 9.17) is 24.2 Å². The van der Waals surface area contributed by atoms with Crippen molar-refractivity contribution in [2.24, 2.45) is 5.92 Å². The molecule has 0 fully saturated rings. The molecule has 7 N–H and O–H groups in total. The summed E-state index contributed by atoms with van der Waals surface area (Å²) in [6.07, 6.45) is 1.51. The van der Waals surface area contributed by atoms with Gasteiger partial charge in [0.1, 0.15) is 17.6 Å². The van der Waals surface area contributed by atoms with Crippen LogP contribution >= 0.6 is 0 Å². The normalized spacial score (nSPS) is 12.3. The Hall–Kier alpha value is -6.14. The zero-order valence-electron chi connectivity index (χ0n) is 28.1. The Morgan fingerprint density at radius 1 is 0.941 bits per heavy atom. The van der Waals surface area contributed by atoms with Crippen molar-refractivity contribution in [1.82, 2.24) is 26.3 Å². The van der Waals surface area contributed by atoms with Gasteiger partial charge in [-0.3, -0.25) is 24.0 Å². The fraction of sp³-hybridized carbons (Fsp3) is 0.438. The van der Waals surface area contributed by atoms with Gasteiger partial charge in [0.25, 0.3) is 11.8 Å². The van der Waals surface area contributed by atoms with E-state index in [-0.39, 0.29) is 41.5 Å². The number of benzene rings is 1. The zero-order chi connectivity index (χ0) is 38.1. The number of hydrogen-bond donors (Lipinski definition) is 7. The smallest absolute Gasteiger partial charge is 0.431 e. The van der Waals surface area contributed by atoms with Crippen molar-refractivity contribution >= 4 is 48.1 Å². The average molecular weight is 720 g/mol. The molecule has 1 aromatic carbocycles. The van der Waals surface area contributed by atoms with Crippen LogP contribution in [0.5, 0.6) is 5.75 Å². The lowest BCUT2D eigenvalue weighted by Crippen LogP contribution is -2.49. The first-order valence-electron chi connectivity index (χ1n) is 15.8. The molecule has 0 bridgehead atoms. The molecule has 0 aliphatic rings. The quantitative estimate of drug-likeness (QED) is 0.0394. The van der Waals surface area contributed by atoms with E-state index in [1.165, 1.54) is 37.4 Å². The number of nitrogens with one attached hydrogen (secondary N) is 4. The number of carbonyl (C=O) groups is 8. The second kappa shape index (κ2) is 20.4. The largest absolute Gasteiger partial charge is 0.481 e. The Morgan fingerprint density at radius 3 is 2.25 bits per heavy atom. The zero-order valence-corrected chi connectivity index (χ0v) is 28.1. The average Bonchev–Trinajstić information content (AvgIpc) is 3.59. The molecule has 0 saturated carbocycles. The van der Waals surface area contributed by atoms with Gasteiger partial charge in [-0.2, -0.15) is 5.06 Å². The molecule has 0 aliphatic heterocycles. The molecule has 1 heterocycles. The molecule has 1 aromatic heterocycles. The van der Waals surface area contributed by atoms with Crippen molar-refractivity contribution in [3.8, 4) is 17.1 Å². The number of carbonyl (C=O) groups excluding carboxylic acids is 5. The Balaban J connectivity index is 2.19. The van der Waals surface area contributed by atoms with Gasteiger partial charge < -0.3 is 50.6 Å². The van der Waals surface area contributed by atoms with Gasteiger partial charge in [-0.05, 0) is 37.1 Å². The van der Waals surface area contributed by atoms with Crippen LogP contribution in [0, 0.1) is 5.92 Å². The van der Waals surface area contributed by atoms with Crippen molar-refractivity contribution < 1.29 is 67.7 Å². The fourth-order valence-corrected chi connectivity index (χ4v) is 4.84. The van der Waals surface area contributed by atoms with Gasteiger partial charge >= 0.3 is 24.0 Å². The van der Waals surface area contributed by atoms with Crippen LogP contribution < -0.4 is 26.0 Å². The third-order valence-corrected chi connectivity index (χ3v) is 7.35. The topological polar surface area (TPSA) is 280 Å². The van der Waals surface area contributed by atoms with E-state index in [0.29, 0.717) is 19.3 Å². The van der Waals surface area contributed by atoms with Gasteiger partial charge in [-0.15, -0.1) is 0 Å². The van der Waals surface area contributed by atoms with E-state index in [9.17, 15) is 43.5 Å². The van der Waals surface area contributed by atoms with Gasteiger partial charge in [0.2, 0.25) is 12.3 Å². The fourth-order valence-electron chi connectivity index (χ4n) is 4.84. The predicted molar refractivity (Wildman–Crippen MR) is 174 cm³/mol. The Bertz CT molecular complexity index is 1570. The summed E-state index contributed by atoms with van der Waals surface area (Å²) in [5.74, 6) is -7.94. The SMILES string of the molecule is CCCCC[C@@H](C(=O)NCNC(=O)c1ccc(-c2ccc(C(=O)N[C@@H](CC(=O)O)C(=O)O)c(OCC(=O)O)c2)o1)[C@@H](CC)N(C=O)OC(=O)NC. The third-order valence-electron chi connectivity index (χ3n) is 7.35. The third kappa shape index (κ3) is 12.7. The summed E-state index contributed by atoms with van der Waals surface area (Å²) in [5.41, 5.74) is -0.0782. The number of aliphatic carboxylic acids is 3. The van der Waals surface area contributed by atoms with Crippen LogP contribution in [-0.2, 0) is 28.8 Å². The maximum absolute atomic E-state index is 13.2. The summed E-state index contributed by atoms with van der Waals surface area (Å²) in [7, 11) is 1.32. The van der Waals surface area contributed by atoms with Gasteiger partial charge in [0.15, 0.2) is 12.4 Å². The minimum absolute atomic E-state index is 0.0810. The summed E-state index contributed by atoms with van der Waals surface area (Å²) in [5, 5.41) is 37.5. The molecule has 19 nitrogen and oxygen atoms in total. The molecule has 0 spiro atoms. The lowest BCUT2D eigenvalue weighted by Gasteiger charge is -2.31. The highest BCUT2D eigenvalue weighted by Gasteiger charge is 2.33. The van der Waals surface area contributed by atoms with E-state index < -0.39 is 72.8 Å². The maximum atomic E-state index is 13.2. The highest BCUT2D eigenvalue weighted by Crippen LogP contribution is 2.29. The molecule has 0 radical (unpaired) electrons. The van der Waals surface area contributed by atoms with E-state index in [0.717, 1.165) is 17.9 Å². The number of ether oxygens (including phenoxy) is 1. The molecule has 3 atom stereocenters. The van der Waals surface area contributed by atoms with Crippen LogP contribution in [-0.4, -0.2) is 101 Å². The molecule has 51 heavy (non-hydrogen) atoms. The van der Waals surface area contributed by atoms with Gasteiger partial charge in [0, 0.05) is 12.6 Å². The summed E-state index contributed by atoms with van der Waals surface area (Å²) in [6.45, 7) is 2.50. The molecule has 0 aliphatic carbocycles. The number of hydroxylamine groups is 2. The highest BCUT2D eigenvalue weighted by molar-refractivity contribution is 6.00. The molecule has 0 saturated heterocycles. The van der Waals surface area contributed by atoms with Crippen LogP contribution in [0.1, 0.15) is 73.3 Å². The van der Waals surface area contributed by atoms with Crippen LogP contribution in [0.3, 0.4) is 0 Å². The second-order valence-electron chi connectivity index (χ2n) is 10.9. The lowest BCUT2D eigenvalue weighted by molar-refractivity contribution is -0.169. The number of hydrogen-bond acceptors (Lipinski definition) is 11. The first-order valence-corrected chi connectivity index (χ1v) is 15.8. The number of amides is 5. The van der Waals surface area contributed by atoms with E-state index in [1.807, 2.05) is 6.92 Å². The lowest BCUT2D eigenvalue weighted by atomic mass is 9.90. The molecule has 2 rings (SSSR count). The van der Waals surface area contributed by atoms with E-state index in [1.54, 1.807) is 6.92 Å². The van der Waals surface area contributed by atoms with E-state index >= 15 is 0 Å². The van der Waals surface area contributed by atoms with E-state index in [2.05, 4.69) is 21.3 Å². The van der Waals surface area contributed by atoms with Crippen LogP contribution in [0.2, 0.25) is 0 Å². The number of nitrogens with zero attached hydrogens (tertiary/aromatic N) is 1. The van der Waals surface area contributed by atoms with Gasteiger partial charge in [-0.1, -0.05) is 39.2 Å². The first-order chi connectivity index (χ1) is 24.3. The molecule has 278 valence electrons. The predicted octanol–water partition coefficient (Wildman–Crippen LogP) is 1.58. The van der Waals surface area contributed by atoms with Crippen molar-refractivity contribution in [2.75, 3.05) is 20.3 Å². The van der Waals surface area contributed by atoms with Crippen molar-refractivity contribution in [1.29, 1.82) is 0 Å². The molecule has 5 amide bonds. The Kier molecular flexibility index (Phi) is 16.4. The van der Waals surface area contributed by atoms with Crippen molar-refractivity contribution in [3.63, 3.8) is 0 Å². The summed E-state index contributed by atoms with van der Waals surface area (Å²) >= 11 is 0. The highest BCUT2D eigenvalue weighted by atomic mass is 16.7. The summed E-state index contributed by atoms with van der Waals surface area (Å²) in [4.78, 5) is 101. The van der Waals surface area contributed by atoms with Crippen LogP contribution in [0.4, 0.5) is 4.79 Å². The maximum Gasteiger partial charge on any atom is 0.431 e.